The maximum Gasteiger partial charge on any atom is 0.335 e. The zero-order valence-corrected chi connectivity index (χ0v) is 16.4. The van der Waals surface area contributed by atoms with E-state index in [0.717, 1.165) is 36.8 Å². The van der Waals surface area contributed by atoms with E-state index in [9.17, 15) is 9.90 Å². The fourth-order valence-corrected chi connectivity index (χ4v) is 4.69. The van der Waals surface area contributed by atoms with Gasteiger partial charge < -0.3 is 14.9 Å². The van der Waals surface area contributed by atoms with Gasteiger partial charge in [-0.05, 0) is 60.9 Å². The van der Waals surface area contributed by atoms with Crippen LogP contribution in [0, 0.1) is 11.8 Å². The molecule has 2 fully saturated rings. The monoisotopic (exact) mass is 393 g/mol. The number of nitrogens with zero attached hydrogens (tertiary/aromatic N) is 1. The van der Waals surface area contributed by atoms with Crippen LogP contribution in [0.1, 0.15) is 40.7 Å². The molecule has 2 aromatic rings. The lowest BCUT2D eigenvalue weighted by atomic mass is 9.76. The first-order chi connectivity index (χ1) is 14.1. The molecule has 0 spiro atoms. The largest absolute Gasteiger partial charge is 0.478 e. The van der Waals surface area contributed by atoms with Gasteiger partial charge in [-0.3, -0.25) is 4.98 Å². The van der Waals surface area contributed by atoms with Crippen LogP contribution in [0.4, 0.5) is 0 Å². The Bertz CT molecular complexity index is 849. The molecule has 3 heterocycles. The molecule has 152 valence electrons. The normalized spacial score (nSPS) is 26.8. The van der Waals surface area contributed by atoms with E-state index in [-0.39, 0.29) is 6.10 Å². The summed E-state index contributed by atoms with van der Waals surface area (Å²) in [5.41, 5.74) is 2.49. The minimum Gasteiger partial charge on any atom is -0.478 e. The molecule has 4 rings (SSSR count). The molecule has 29 heavy (non-hydrogen) atoms. The molecule has 1 aromatic carbocycles. The van der Waals surface area contributed by atoms with Gasteiger partial charge in [0.25, 0.3) is 0 Å². The Morgan fingerprint density at radius 3 is 2.69 bits per heavy atom. The van der Waals surface area contributed by atoms with E-state index < -0.39 is 12.1 Å². The maximum absolute atomic E-state index is 11.0. The average molecular weight is 393 g/mol. The topological polar surface area (TPSA) is 79.7 Å². The van der Waals surface area contributed by atoms with Gasteiger partial charge in [-0.15, -0.1) is 0 Å². The fourth-order valence-electron chi connectivity index (χ4n) is 4.69. The second-order valence-electron chi connectivity index (χ2n) is 8.09. The SMILES string of the molecule is O=C(O)c1ccc(CC[C@H]2[C@H](/C=C/C(O)Cc3cccnc3)[C@@H]3CC[C@H]2O3)cc1. The first-order valence-electron chi connectivity index (χ1n) is 10.3. The summed E-state index contributed by atoms with van der Waals surface area (Å²) >= 11 is 0. The van der Waals surface area contributed by atoms with Crippen molar-refractivity contribution in [3.63, 3.8) is 0 Å². The van der Waals surface area contributed by atoms with Crippen molar-refractivity contribution in [2.45, 2.75) is 50.4 Å². The Kier molecular flexibility index (Phi) is 6.07. The van der Waals surface area contributed by atoms with Crippen LogP contribution in [0.5, 0.6) is 0 Å². The number of carboxylic acids is 1. The highest BCUT2D eigenvalue weighted by atomic mass is 16.5. The maximum atomic E-state index is 11.0. The lowest BCUT2D eigenvalue weighted by molar-refractivity contribution is 0.0697. The van der Waals surface area contributed by atoms with Crippen molar-refractivity contribution in [2.24, 2.45) is 11.8 Å². The average Bonchev–Trinajstić information content (AvgIpc) is 3.33. The Labute approximate surface area is 171 Å². The molecule has 0 amide bonds. The van der Waals surface area contributed by atoms with E-state index in [1.165, 1.54) is 0 Å². The van der Waals surface area contributed by atoms with Gasteiger partial charge in [0.05, 0.1) is 23.9 Å². The number of fused-ring (bicyclic) bond motifs is 2. The zero-order valence-electron chi connectivity index (χ0n) is 16.4. The lowest BCUT2D eigenvalue weighted by Gasteiger charge is -2.26. The van der Waals surface area contributed by atoms with Gasteiger partial charge in [-0.2, -0.15) is 0 Å². The highest BCUT2D eigenvalue weighted by Gasteiger charge is 2.47. The van der Waals surface area contributed by atoms with E-state index >= 15 is 0 Å². The molecule has 5 atom stereocenters. The number of hydrogen-bond donors (Lipinski definition) is 2. The van der Waals surface area contributed by atoms with Crippen LogP contribution in [-0.2, 0) is 17.6 Å². The third kappa shape index (κ3) is 4.74. The summed E-state index contributed by atoms with van der Waals surface area (Å²) in [6.07, 6.45) is 12.3. The third-order valence-electron chi connectivity index (χ3n) is 6.18. The summed E-state index contributed by atoms with van der Waals surface area (Å²) in [7, 11) is 0. The van der Waals surface area contributed by atoms with Gasteiger partial charge in [0.15, 0.2) is 0 Å². The molecule has 5 nitrogen and oxygen atoms in total. The second-order valence-corrected chi connectivity index (χ2v) is 8.09. The van der Waals surface area contributed by atoms with Crippen molar-refractivity contribution in [2.75, 3.05) is 0 Å². The van der Waals surface area contributed by atoms with E-state index in [0.29, 0.717) is 29.9 Å². The zero-order chi connectivity index (χ0) is 20.2. The molecule has 2 saturated heterocycles. The highest BCUT2D eigenvalue weighted by Crippen LogP contribution is 2.46. The van der Waals surface area contributed by atoms with Crippen LogP contribution < -0.4 is 0 Å². The number of aromatic nitrogens is 1. The second kappa shape index (κ2) is 8.89. The van der Waals surface area contributed by atoms with Gasteiger partial charge in [-0.25, -0.2) is 4.79 Å². The van der Waals surface area contributed by atoms with E-state index in [1.807, 2.05) is 30.3 Å². The highest BCUT2D eigenvalue weighted by molar-refractivity contribution is 5.87. The summed E-state index contributed by atoms with van der Waals surface area (Å²) in [6.45, 7) is 0. The first-order valence-corrected chi connectivity index (χ1v) is 10.3. The Morgan fingerprint density at radius 2 is 1.97 bits per heavy atom. The van der Waals surface area contributed by atoms with Crippen molar-refractivity contribution in [3.05, 3.63) is 77.6 Å². The van der Waals surface area contributed by atoms with Gasteiger partial charge in [0.2, 0.25) is 0 Å². The number of aliphatic hydroxyl groups is 1. The van der Waals surface area contributed by atoms with Gasteiger partial charge in [0.1, 0.15) is 0 Å². The van der Waals surface area contributed by atoms with Crippen LogP contribution in [0.15, 0.2) is 60.9 Å². The summed E-state index contributed by atoms with van der Waals surface area (Å²) in [6, 6.07) is 11.0. The summed E-state index contributed by atoms with van der Waals surface area (Å²) in [4.78, 5) is 15.1. The van der Waals surface area contributed by atoms with Crippen LogP contribution in [0.3, 0.4) is 0 Å². The van der Waals surface area contributed by atoms with Crippen molar-refractivity contribution >= 4 is 5.97 Å². The number of hydrogen-bond acceptors (Lipinski definition) is 4. The number of rotatable bonds is 8. The van der Waals surface area contributed by atoms with Gasteiger partial charge in [-0.1, -0.05) is 30.4 Å². The number of carboxylic acid groups (broad SMARTS) is 1. The van der Waals surface area contributed by atoms with E-state index in [2.05, 4.69) is 11.1 Å². The number of pyridine rings is 1. The number of carbonyl (C=O) groups is 1. The van der Waals surface area contributed by atoms with Crippen LogP contribution in [-0.4, -0.2) is 39.5 Å². The molecule has 5 heteroatoms. The van der Waals surface area contributed by atoms with Crippen LogP contribution >= 0.6 is 0 Å². The van der Waals surface area contributed by atoms with Crippen LogP contribution in [0.2, 0.25) is 0 Å². The lowest BCUT2D eigenvalue weighted by Crippen LogP contribution is -2.26. The Morgan fingerprint density at radius 1 is 1.17 bits per heavy atom. The van der Waals surface area contributed by atoms with Crippen molar-refractivity contribution in [1.82, 2.24) is 4.98 Å². The molecule has 2 aliphatic rings. The standard InChI is InChI=1S/C24H27NO4/c26-19(14-17-2-1-13-25-15-17)8-10-21-20(22-11-12-23(21)29-22)9-5-16-3-6-18(7-4-16)24(27)28/h1-4,6-8,10,13,15,19-23,26H,5,9,11-12,14H2,(H,27,28)/b10-8+/t19?,20-,21-,22+,23-/m0/s1. The predicted molar refractivity (Wildman–Crippen MR) is 110 cm³/mol. The molecule has 0 aliphatic carbocycles. The van der Waals surface area contributed by atoms with Crippen LogP contribution in [0.25, 0.3) is 0 Å². The Balaban J connectivity index is 1.36. The molecule has 0 saturated carbocycles. The number of aromatic carboxylic acids is 1. The summed E-state index contributed by atoms with van der Waals surface area (Å²) in [5.74, 6) is -0.126. The Hall–Kier alpha value is -2.50. The fraction of sp³-hybridized carbons (Fsp3) is 0.417. The molecule has 1 unspecified atom stereocenters. The van der Waals surface area contributed by atoms with Crippen molar-refractivity contribution < 1.29 is 19.7 Å². The number of aliphatic hydroxyl groups excluding tert-OH is 1. The smallest absolute Gasteiger partial charge is 0.335 e. The van der Waals surface area contributed by atoms with Gasteiger partial charge >= 0.3 is 5.97 Å². The number of benzene rings is 1. The summed E-state index contributed by atoms with van der Waals surface area (Å²) < 4.78 is 6.17. The molecule has 2 aliphatic heterocycles. The number of aryl methyl sites for hydroxylation is 1. The predicted octanol–water partition coefficient (Wildman–Crippen LogP) is 3.67. The minimum atomic E-state index is -0.895. The summed E-state index contributed by atoms with van der Waals surface area (Å²) in [5, 5.41) is 19.4. The minimum absolute atomic E-state index is 0.251. The molecule has 2 N–H and O–H groups in total. The molecule has 0 radical (unpaired) electrons. The van der Waals surface area contributed by atoms with E-state index in [1.54, 1.807) is 24.5 Å². The van der Waals surface area contributed by atoms with Crippen molar-refractivity contribution in [1.29, 1.82) is 0 Å². The molecular formula is C24H27NO4. The molecule has 2 bridgehead atoms. The molecule has 1 aromatic heterocycles. The number of ether oxygens (including phenoxy) is 1. The third-order valence-corrected chi connectivity index (χ3v) is 6.18. The molecular weight excluding hydrogens is 366 g/mol. The quantitative estimate of drug-likeness (QED) is 0.669. The first kappa shape index (κ1) is 19.8. The van der Waals surface area contributed by atoms with E-state index in [4.69, 9.17) is 9.84 Å². The van der Waals surface area contributed by atoms with Gasteiger partial charge in [0, 0.05) is 24.7 Å². The van der Waals surface area contributed by atoms with Crippen molar-refractivity contribution in [3.8, 4) is 0 Å².